The molecule has 0 amide bonds. The standard InChI is InChI=1S/C14H12N2O4S/c1-19-9-2-3-11-12(5-9)16-14(15-11)21-7-10-4-8(6-20-10)13(17)18/h2-6H,7H2,1H3,(H,15,16)(H,17,18). The summed E-state index contributed by atoms with van der Waals surface area (Å²) < 4.78 is 10.4. The first-order valence-corrected chi connectivity index (χ1v) is 7.11. The molecule has 0 aliphatic carbocycles. The molecule has 3 aromatic rings. The minimum atomic E-state index is -0.995. The zero-order valence-corrected chi connectivity index (χ0v) is 11.9. The fraction of sp³-hybridized carbons (Fsp3) is 0.143. The summed E-state index contributed by atoms with van der Waals surface area (Å²) in [5.74, 6) is 0.866. The molecular weight excluding hydrogens is 292 g/mol. The van der Waals surface area contributed by atoms with Gasteiger partial charge >= 0.3 is 5.97 Å². The van der Waals surface area contributed by atoms with Gasteiger partial charge in [0.1, 0.15) is 17.8 Å². The lowest BCUT2D eigenvalue weighted by Crippen LogP contribution is -1.91. The summed E-state index contributed by atoms with van der Waals surface area (Å²) in [5, 5.41) is 9.57. The number of fused-ring (bicyclic) bond motifs is 1. The second-order valence-electron chi connectivity index (χ2n) is 4.32. The van der Waals surface area contributed by atoms with E-state index in [1.807, 2.05) is 18.2 Å². The first kappa shape index (κ1) is 13.6. The van der Waals surface area contributed by atoms with Crippen LogP contribution < -0.4 is 4.74 Å². The number of hydrogen-bond acceptors (Lipinski definition) is 5. The van der Waals surface area contributed by atoms with Crippen LogP contribution in [0.25, 0.3) is 11.0 Å². The first-order valence-electron chi connectivity index (χ1n) is 6.13. The molecule has 1 aromatic carbocycles. The molecule has 0 fully saturated rings. The number of H-pyrrole nitrogens is 1. The number of thioether (sulfide) groups is 1. The average molecular weight is 304 g/mol. The van der Waals surface area contributed by atoms with E-state index < -0.39 is 5.97 Å². The van der Waals surface area contributed by atoms with Gasteiger partial charge in [-0.2, -0.15) is 0 Å². The Bertz CT molecular complexity index is 793. The summed E-state index contributed by atoms with van der Waals surface area (Å²) in [6.45, 7) is 0. The van der Waals surface area contributed by atoms with Crippen LogP contribution in [-0.4, -0.2) is 28.2 Å². The van der Waals surface area contributed by atoms with Gasteiger partial charge in [-0.25, -0.2) is 9.78 Å². The highest BCUT2D eigenvalue weighted by atomic mass is 32.2. The molecule has 0 spiro atoms. The lowest BCUT2D eigenvalue weighted by atomic mass is 10.3. The van der Waals surface area contributed by atoms with Crippen molar-refractivity contribution in [3.8, 4) is 5.75 Å². The predicted molar refractivity (Wildman–Crippen MR) is 77.9 cm³/mol. The first-order chi connectivity index (χ1) is 10.2. The van der Waals surface area contributed by atoms with E-state index in [-0.39, 0.29) is 5.56 Å². The van der Waals surface area contributed by atoms with Crippen molar-refractivity contribution in [1.82, 2.24) is 9.97 Å². The largest absolute Gasteiger partial charge is 0.497 e. The van der Waals surface area contributed by atoms with Crippen LogP contribution >= 0.6 is 11.8 Å². The zero-order chi connectivity index (χ0) is 14.8. The van der Waals surface area contributed by atoms with E-state index in [4.69, 9.17) is 14.3 Å². The second kappa shape index (κ2) is 5.53. The number of nitrogens with zero attached hydrogens (tertiary/aromatic N) is 1. The van der Waals surface area contributed by atoms with E-state index in [0.717, 1.165) is 21.9 Å². The normalized spacial score (nSPS) is 10.9. The highest BCUT2D eigenvalue weighted by Gasteiger charge is 2.10. The van der Waals surface area contributed by atoms with Gasteiger partial charge in [-0.3, -0.25) is 0 Å². The van der Waals surface area contributed by atoms with Crippen molar-refractivity contribution in [3.63, 3.8) is 0 Å². The van der Waals surface area contributed by atoms with Gasteiger partial charge in [0.25, 0.3) is 0 Å². The minimum absolute atomic E-state index is 0.153. The molecule has 0 saturated heterocycles. The number of aromatic amines is 1. The number of furan rings is 1. The number of benzene rings is 1. The number of rotatable bonds is 5. The molecular formula is C14H12N2O4S. The number of imidazole rings is 1. The van der Waals surface area contributed by atoms with Crippen molar-refractivity contribution in [2.75, 3.05) is 7.11 Å². The number of carboxylic acid groups (broad SMARTS) is 1. The monoisotopic (exact) mass is 304 g/mol. The molecule has 21 heavy (non-hydrogen) atoms. The number of nitrogens with one attached hydrogen (secondary N) is 1. The Kier molecular flexibility index (Phi) is 3.57. The molecule has 6 nitrogen and oxygen atoms in total. The van der Waals surface area contributed by atoms with Crippen LogP contribution in [0.4, 0.5) is 0 Å². The molecule has 0 aliphatic heterocycles. The van der Waals surface area contributed by atoms with Gasteiger partial charge in [0, 0.05) is 6.07 Å². The number of ether oxygens (including phenoxy) is 1. The third-order valence-electron chi connectivity index (χ3n) is 2.92. The summed E-state index contributed by atoms with van der Waals surface area (Å²) >= 11 is 1.44. The number of methoxy groups -OCH3 is 1. The van der Waals surface area contributed by atoms with Gasteiger partial charge in [0.15, 0.2) is 5.16 Å². The molecule has 0 unspecified atom stereocenters. The quantitative estimate of drug-likeness (QED) is 0.704. The molecule has 7 heteroatoms. The molecule has 0 saturated carbocycles. The van der Waals surface area contributed by atoms with Crippen LogP contribution in [0.1, 0.15) is 16.1 Å². The van der Waals surface area contributed by atoms with Crippen molar-refractivity contribution in [3.05, 3.63) is 41.9 Å². The third-order valence-corrected chi connectivity index (χ3v) is 3.81. The molecule has 0 aliphatic rings. The molecule has 2 aromatic heterocycles. The molecule has 108 valence electrons. The topological polar surface area (TPSA) is 88.3 Å². The Hall–Kier alpha value is -2.41. The van der Waals surface area contributed by atoms with Gasteiger partial charge < -0.3 is 19.2 Å². The van der Waals surface area contributed by atoms with Crippen LogP contribution in [0, 0.1) is 0 Å². The molecule has 0 atom stereocenters. The number of aromatic nitrogens is 2. The second-order valence-corrected chi connectivity index (χ2v) is 5.28. The molecule has 2 N–H and O–H groups in total. The van der Waals surface area contributed by atoms with E-state index in [2.05, 4.69) is 9.97 Å². The Morgan fingerprint density at radius 3 is 3.05 bits per heavy atom. The summed E-state index contributed by atoms with van der Waals surface area (Å²) in [6.07, 6.45) is 1.24. The SMILES string of the molecule is COc1ccc2nc(SCc3cc(C(=O)O)co3)[nH]c2c1. The molecule has 3 rings (SSSR count). The van der Waals surface area contributed by atoms with Crippen molar-refractivity contribution in [2.24, 2.45) is 0 Å². The van der Waals surface area contributed by atoms with E-state index >= 15 is 0 Å². The van der Waals surface area contributed by atoms with E-state index in [0.29, 0.717) is 11.5 Å². The maximum Gasteiger partial charge on any atom is 0.338 e. The Morgan fingerprint density at radius 1 is 1.48 bits per heavy atom. The number of carboxylic acids is 1. The Morgan fingerprint density at radius 2 is 2.33 bits per heavy atom. The fourth-order valence-electron chi connectivity index (χ4n) is 1.87. The van der Waals surface area contributed by atoms with Crippen LogP contribution in [-0.2, 0) is 5.75 Å². The summed E-state index contributed by atoms with van der Waals surface area (Å²) in [7, 11) is 1.62. The summed E-state index contributed by atoms with van der Waals surface area (Å²) in [6, 6.07) is 7.12. The van der Waals surface area contributed by atoms with Crippen molar-refractivity contribution < 1.29 is 19.1 Å². The van der Waals surface area contributed by atoms with E-state index in [1.54, 1.807) is 7.11 Å². The number of carbonyl (C=O) groups is 1. The van der Waals surface area contributed by atoms with Crippen LogP contribution in [0.15, 0.2) is 40.1 Å². The van der Waals surface area contributed by atoms with Crippen molar-refractivity contribution >= 4 is 28.8 Å². The summed E-state index contributed by atoms with van der Waals surface area (Å²) in [4.78, 5) is 18.4. The van der Waals surface area contributed by atoms with Gasteiger partial charge in [0.2, 0.25) is 0 Å². The predicted octanol–water partition coefficient (Wildman–Crippen LogP) is 3.16. The highest BCUT2D eigenvalue weighted by molar-refractivity contribution is 7.98. The van der Waals surface area contributed by atoms with E-state index in [1.165, 1.54) is 24.1 Å². The van der Waals surface area contributed by atoms with Crippen molar-refractivity contribution in [1.29, 1.82) is 0 Å². The van der Waals surface area contributed by atoms with Crippen LogP contribution in [0.3, 0.4) is 0 Å². The fourth-order valence-corrected chi connectivity index (χ4v) is 2.64. The highest BCUT2D eigenvalue weighted by Crippen LogP contribution is 2.25. The Labute approximate surface area is 124 Å². The zero-order valence-electron chi connectivity index (χ0n) is 11.1. The lowest BCUT2D eigenvalue weighted by molar-refractivity contribution is 0.0696. The third kappa shape index (κ3) is 2.87. The van der Waals surface area contributed by atoms with Gasteiger partial charge in [-0.1, -0.05) is 11.8 Å². The van der Waals surface area contributed by atoms with Gasteiger partial charge in [-0.05, 0) is 18.2 Å². The van der Waals surface area contributed by atoms with Gasteiger partial charge in [0.05, 0.1) is 29.5 Å². The number of aromatic carboxylic acids is 1. The van der Waals surface area contributed by atoms with E-state index in [9.17, 15) is 4.79 Å². The lowest BCUT2D eigenvalue weighted by Gasteiger charge is -1.96. The maximum absolute atomic E-state index is 10.8. The van der Waals surface area contributed by atoms with Crippen molar-refractivity contribution in [2.45, 2.75) is 10.9 Å². The molecule has 0 radical (unpaired) electrons. The average Bonchev–Trinajstić information content (AvgIpc) is 3.10. The molecule has 0 bridgehead atoms. The minimum Gasteiger partial charge on any atom is -0.497 e. The van der Waals surface area contributed by atoms with Crippen LogP contribution in [0.5, 0.6) is 5.75 Å². The van der Waals surface area contributed by atoms with Gasteiger partial charge in [-0.15, -0.1) is 0 Å². The number of hydrogen-bond donors (Lipinski definition) is 2. The summed E-state index contributed by atoms with van der Waals surface area (Å²) in [5.41, 5.74) is 1.89. The molecule has 2 heterocycles. The smallest absolute Gasteiger partial charge is 0.338 e. The maximum atomic E-state index is 10.8. The van der Waals surface area contributed by atoms with Crippen LogP contribution in [0.2, 0.25) is 0 Å². The Balaban J connectivity index is 1.73.